The van der Waals surface area contributed by atoms with Crippen LogP contribution in [0, 0.1) is 5.92 Å². The Labute approximate surface area is 287 Å². The average Bonchev–Trinajstić information content (AvgIpc) is 3.13. The Bertz CT molecular complexity index is 1590. The van der Waals surface area contributed by atoms with Crippen molar-refractivity contribution >= 4 is 29.3 Å². The Kier molecular flexibility index (Phi) is 11.3. The molecule has 10 heteroatoms. The fourth-order valence-electron chi connectivity index (χ4n) is 6.81. The Morgan fingerprint density at radius 2 is 1.73 bits per heavy atom. The summed E-state index contributed by atoms with van der Waals surface area (Å²) in [6.07, 6.45) is 14.9. The molecule has 2 saturated heterocycles. The predicted octanol–water partition coefficient (Wildman–Crippen LogP) is 5.97. The summed E-state index contributed by atoms with van der Waals surface area (Å²) in [7, 11) is 0. The van der Waals surface area contributed by atoms with Crippen molar-refractivity contribution in [2.75, 3.05) is 45.8 Å². The average molecular weight is 670 g/mol. The molecule has 2 N–H and O–H groups in total. The smallest absolute Gasteiger partial charge is 0.317 e. The molecule has 0 spiro atoms. The van der Waals surface area contributed by atoms with E-state index in [2.05, 4.69) is 20.4 Å². The van der Waals surface area contributed by atoms with Crippen LogP contribution in [0.15, 0.2) is 96.8 Å². The molecule has 0 saturated carbocycles. The van der Waals surface area contributed by atoms with E-state index in [-0.39, 0.29) is 23.6 Å². The van der Waals surface area contributed by atoms with Crippen molar-refractivity contribution in [3.05, 3.63) is 118 Å². The van der Waals surface area contributed by atoms with E-state index in [1.165, 1.54) is 0 Å². The molecule has 4 aliphatic rings. The number of carbonyl (C=O) groups is 3. The number of ether oxygens (including phenoxy) is 1. The number of amides is 3. The zero-order chi connectivity index (χ0) is 33.3. The van der Waals surface area contributed by atoms with Crippen molar-refractivity contribution in [1.82, 2.24) is 25.3 Å². The van der Waals surface area contributed by atoms with Crippen LogP contribution in [-0.2, 0) is 16.1 Å². The summed E-state index contributed by atoms with van der Waals surface area (Å²) < 4.78 is 5.69. The number of hydrogen-bond acceptors (Lipinski definition) is 6. The maximum absolute atomic E-state index is 13.5. The lowest BCUT2D eigenvalue weighted by molar-refractivity contribution is -0.114. The third kappa shape index (κ3) is 8.96. The normalized spacial score (nSPS) is 19.1. The highest BCUT2D eigenvalue weighted by molar-refractivity contribution is 6.31. The monoisotopic (exact) mass is 669 g/mol. The summed E-state index contributed by atoms with van der Waals surface area (Å²) in [6.45, 7) is 6.07. The van der Waals surface area contributed by atoms with Gasteiger partial charge in [-0.3, -0.25) is 9.59 Å². The maximum atomic E-state index is 13.5. The van der Waals surface area contributed by atoms with E-state index in [0.717, 1.165) is 74.3 Å². The summed E-state index contributed by atoms with van der Waals surface area (Å²) in [5.74, 6) is 1.33. The quantitative estimate of drug-likeness (QED) is 0.324. The first-order valence-electron chi connectivity index (χ1n) is 17.0. The number of nitrogens with one attached hydrogen (secondary N) is 2. The summed E-state index contributed by atoms with van der Waals surface area (Å²) in [5.41, 5.74) is 3.70. The number of rotatable bonds is 10. The zero-order valence-corrected chi connectivity index (χ0v) is 28.0. The van der Waals surface area contributed by atoms with Gasteiger partial charge in [0, 0.05) is 74.2 Å². The highest BCUT2D eigenvalue weighted by atomic mass is 35.5. The molecule has 0 aromatic heterocycles. The molecule has 2 aromatic carbocycles. The Hall–Kier alpha value is -4.34. The molecule has 0 unspecified atom stereocenters. The number of hydrogen-bond donors (Lipinski definition) is 2. The molecule has 3 aliphatic heterocycles. The molecule has 3 amide bonds. The highest BCUT2D eigenvalue weighted by Crippen LogP contribution is 2.32. The van der Waals surface area contributed by atoms with Gasteiger partial charge < -0.3 is 30.1 Å². The van der Waals surface area contributed by atoms with Gasteiger partial charge in [-0.25, -0.2) is 4.79 Å². The third-order valence-corrected chi connectivity index (χ3v) is 9.93. The van der Waals surface area contributed by atoms with Crippen LogP contribution in [0.25, 0.3) is 0 Å². The molecule has 2 aromatic rings. The van der Waals surface area contributed by atoms with E-state index in [9.17, 15) is 14.4 Å². The first-order valence-corrected chi connectivity index (χ1v) is 17.4. The number of ketones is 1. The van der Waals surface area contributed by atoms with Crippen LogP contribution in [0.3, 0.4) is 0 Å². The number of halogens is 1. The minimum Gasteiger partial charge on any atom is -0.462 e. The molecule has 48 heavy (non-hydrogen) atoms. The summed E-state index contributed by atoms with van der Waals surface area (Å²) in [4.78, 5) is 44.4. The minimum atomic E-state index is -0.0788. The van der Waals surface area contributed by atoms with Crippen molar-refractivity contribution in [2.45, 2.75) is 44.6 Å². The van der Waals surface area contributed by atoms with Crippen LogP contribution in [0.1, 0.15) is 59.5 Å². The van der Waals surface area contributed by atoms with E-state index in [1.54, 1.807) is 24.5 Å². The van der Waals surface area contributed by atoms with Gasteiger partial charge in [0.25, 0.3) is 5.91 Å². The largest absolute Gasteiger partial charge is 0.462 e. The van der Waals surface area contributed by atoms with Gasteiger partial charge in [-0.2, -0.15) is 0 Å². The lowest BCUT2D eigenvalue weighted by Crippen LogP contribution is -2.45. The van der Waals surface area contributed by atoms with Crippen molar-refractivity contribution in [3.63, 3.8) is 0 Å². The molecule has 9 nitrogen and oxygen atoms in total. The van der Waals surface area contributed by atoms with Gasteiger partial charge in [0.05, 0.1) is 0 Å². The molecule has 3 heterocycles. The summed E-state index contributed by atoms with van der Waals surface area (Å²) >= 11 is 6.39. The molecule has 0 bridgehead atoms. The first kappa shape index (κ1) is 33.6. The molecule has 2 fully saturated rings. The number of nitrogens with zero attached hydrogens (tertiary/aromatic N) is 3. The van der Waals surface area contributed by atoms with Gasteiger partial charge in [-0.05, 0) is 79.9 Å². The second kappa shape index (κ2) is 16.2. The third-order valence-electron chi connectivity index (χ3n) is 9.69. The summed E-state index contributed by atoms with van der Waals surface area (Å²) in [5, 5.41) is 6.76. The topological polar surface area (TPSA) is 94.2 Å². The maximum Gasteiger partial charge on any atom is 0.317 e. The van der Waals surface area contributed by atoms with E-state index < -0.39 is 0 Å². The second-order valence-electron chi connectivity index (χ2n) is 13.0. The highest BCUT2D eigenvalue weighted by Gasteiger charge is 2.27. The van der Waals surface area contributed by atoms with Crippen molar-refractivity contribution in [2.24, 2.45) is 5.92 Å². The van der Waals surface area contributed by atoms with Crippen LogP contribution in [0.4, 0.5) is 4.79 Å². The number of allylic oxidation sites excluding steroid dienone is 4. The number of carbonyl (C=O) groups excluding carboxylic acids is 3. The van der Waals surface area contributed by atoms with Crippen LogP contribution < -0.4 is 10.6 Å². The number of piperidine rings is 2. The fraction of sp³-hybridized carbons (Fsp3) is 0.395. The lowest BCUT2D eigenvalue weighted by atomic mass is 9.86. The lowest BCUT2D eigenvalue weighted by Gasteiger charge is -2.34. The van der Waals surface area contributed by atoms with E-state index in [0.29, 0.717) is 49.1 Å². The van der Waals surface area contributed by atoms with Crippen molar-refractivity contribution in [3.8, 4) is 0 Å². The zero-order valence-electron chi connectivity index (χ0n) is 27.3. The van der Waals surface area contributed by atoms with Crippen LogP contribution in [-0.4, -0.2) is 78.2 Å². The standard InChI is InChI=1S/C38H44ClN5O4/c39-32-9-10-34(30-13-15-42(16-14-30)19-20-43-21-22-48-36(27-43)31-7-4-8-33(45)23-31)35(24-32)37(46)40-25-29-11-17-44(18-12-29)38(47)41-26-28-5-2-1-3-6-28/h1-10,21-22,24,27,29-30H,11-20,23,25-26H2,(H,40,46)(H,41,47). The van der Waals surface area contributed by atoms with Gasteiger partial charge in [-0.15, -0.1) is 0 Å². The van der Waals surface area contributed by atoms with Gasteiger partial charge in [0.2, 0.25) is 0 Å². The van der Waals surface area contributed by atoms with Crippen LogP contribution >= 0.6 is 11.6 Å². The van der Waals surface area contributed by atoms with E-state index in [1.807, 2.05) is 65.8 Å². The minimum absolute atomic E-state index is 0.0380. The first-order chi connectivity index (χ1) is 23.4. The van der Waals surface area contributed by atoms with E-state index in [4.69, 9.17) is 16.3 Å². The molecule has 0 radical (unpaired) electrons. The van der Waals surface area contributed by atoms with Gasteiger partial charge >= 0.3 is 6.03 Å². The fourth-order valence-corrected chi connectivity index (χ4v) is 6.99. The molecule has 1 aliphatic carbocycles. The number of benzene rings is 2. The molecule has 252 valence electrons. The molecule has 0 atom stereocenters. The molecular formula is C38H44ClN5O4. The van der Waals surface area contributed by atoms with Crippen LogP contribution in [0.2, 0.25) is 5.02 Å². The van der Waals surface area contributed by atoms with Gasteiger partial charge in [0.1, 0.15) is 12.0 Å². The van der Waals surface area contributed by atoms with Crippen molar-refractivity contribution in [1.29, 1.82) is 0 Å². The SMILES string of the molecule is O=C1C=CC=C(C2=CN(CCN3CCC(c4ccc(Cl)cc4C(=O)NCC4CCN(C(=O)NCc5ccccc5)CC4)CC3)C=CO2)C1. The van der Waals surface area contributed by atoms with Crippen LogP contribution in [0.5, 0.6) is 0 Å². The Morgan fingerprint density at radius 3 is 2.50 bits per heavy atom. The second-order valence-corrected chi connectivity index (χ2v) is 13.4. The van der Waals surface area contributed by atoms with Gasteiger partial charge in [0.15, 0.2) is 5.78 Å². The number of likely N-dealkylation sites (tertiary alicyclic amines) is 2. The Morgan fingerprint density at radius 1 is 0.938 bits per heavy atom. The summed E-state index contributed by atoms with van der Waals surface area (Å²) in [6, 6.07) is 15.6. The van der Waals surface area contributed by atoms with Gasteiger partial charge in [-0.1, -0.05) is 60.2 Å². The predicted molar refractivity (Wildman–Crippen MR) is 187 cm³/mol. The number of urea groups is 1. The molecule has 6 rings (SSSR count). The van der Waals surface area contributed by atoms with Crippen molar-refractivity contribution < 1.29 is 19.1 Å². The molecular weight excluding hydrogens is 626 g/mol. The Balaban J connectivity index is 0.947. The van der Waals surface area contributed by atoms with E-state index >= 15 is 0 Å².